The van der Waals surface area contributed by atoms with Gasteiger partial charge in [0.1, 0.15) is 11.5 Å². The van der Waals surface area contributed by atoms with Gasteiger partial charge in [0, 0.05) is 43.1 Å². The van der Waals surface area contributed by atoms with Gasteiger partial charge in [-0.25, -0.2) is 4.98 Å². The Morgan fingerprint density at radius 2 is 1.91 bits per heavy atom. The van der Waals surface area contributed by atoms with Gasteiger partial charge in [0.2, 0.25) is 0 Å². The molecule has 2 N–H and O–H groups in total. The van der Waals surface area contributed by atoms with E-state index in [-0.39, 0.29) is 0 Å². The SMILES string of the molecule is C=C/C(C)=C\C(=C/C)c1cc2c(-c3cc4c(N5CCN(C)CC5)nccc4[nH]3)n[nH]c2cn1. The summed E-state index contributed by atoms with van der Waals surface area (Å²) in [5.41, 5.74) is 6.88. The summed E-state index contributed by atoms with van der Waals surface area (Å²) in [6, 6.07) is 6.30. The zero-order chi connectivity index (χ0) is 22.9. The predicted molar refractivity (Wildman–Crippen MR) is 136 cm³/mol. The number of aromatic nitrogens is 5. The van der Waals surface area contributed by atoms with Crippen LogP contribution in [0.15, 0.2) is 61.0 Å². The van der Waals surface area contributed by atoms with Crippen molar-refractivity contribution in [1.29, 1.82) is 0 Å². The average molecular weight is 440 g/mol. The van der Waals surface area contributed by atoms with Crippen LogP contribution in [0.25, 0.3) is 38.8 Å². The van der Waals surface area contributed by atoms with E-state index in [2.05, 4.69) is 67.9 Å². The molecular weight excluding hydrogens is 410 g/mol. The Morgan fingerprint density at radius 3 is 2.67 bits per heavy atom. The molecule has 1 aliphatic heterocycles. The normalized spacial score (nSPS) is 16.2. The molecule has 0 spiro atoms. The Kier molecular flexibility index (Phi) is 5.56. The number of aromatic amines is 2. The molecule has 33 heavy (non-hydrogen) atoms. The molecule has 7 nitrogen and oxygen atoms in total. The minimum absolute atomic E-state index is 0.883. The van der Waals surface area contributed by atoms with E-state index in [1.54, 1.807) is 0 Å². The van der Waals surface area contributed by atoms with E-state index in [0.29, 0.717) is 0 Å². The molecule has 0 saturated carbocycles. The van der Waals surface area contributed by atoms with Crippen LogP contribution in [0, 0.1) is 0 Å². The summed E-state index contributed by atoms with van der Waals surface area (Å²) in [4.78, 5) is 17.7. The molecule has 0 radical (unpaired) electrons. The lowest BCUT2D eigenvalue weighted by molar-refractivity contribution is 0.312. The third kappa shape index (κ3) is 3.96. The van der Waals surface area contributed by atoms with Gasteiger partial charge in [0.25, 0.3) is 0 Å². The van der Waals surface area contributed by atoms with Crippen LogP contribution in [0.1, 0.15) is 19.5 Å². The Hall–Kier alpha value is -3.71. The molecule has 0 bridgehead atoms. The first-order valence-corrected chi connectivity index (χ1v) is 11.3. The van der Waals surface area contributed by atoms with Crippen molar-refractivity contribution in [2.24, 2.45) is 0 Å². The quantitative estimate of drug-likeness (QED) is 0.437. The fourth-order valence-corrected chi connectivity index (χ4v) is 4.33. The number of pyridine rings is 2. The summed E-state index contributed by atoms with van der Waals surface area (Å²) in [6.07, 6.45) is 9.74. The van der Waals surface area contributed by atoms with Crippen molar-refractivity contribution in [2.75, 3.05) is 38.1 Å². The van der Waals surface area contributed by atoms with Crippen molar-refractivity contribution in [3.63, 3.8) is 0 Å². The Bertz CT molecular complexity index is 1380. The molecule has 0 amide bonds. The van der Waals surface area contributed by atoms with Gasteiger partial charge in [-0.15, -0.1) is 0 Å². The van der Waals surface area contributed by atoms with Crippen LogP contribution in [0.4, 0.5) is 5.82 Å². The van der Waals surface area contributed by atoms with Gasteiger partial charge in [-0.05, 0) is 44.7 Å². The monoisotopic (exact) mass is 439 g/mol. The van der Waals surface area contributed by atoms with Gasteiger partial charge in [-0.2, -0.15) is 5.10 Å². The van der Waals surface area contributed by atoms with Crippen LogP contribution in [0.2, 0.25) is 0 Å². The third-order valence-corrected chi connectivity index (χ3v) is 6.34. The number of allylic oxidation sites excluding steroid dienone is 5. The summed E-state index contributed by atoms with van der Waals surface area (Å²) in [6.45, 7) is 12.0. The summed E-state index contributed by atoms with van der Waals surface area (Å²) in [5.74, 6) is 1.03. The highest BCUT2D eigenvalue weighted by atomic mass is 15.3. The van der Waals surface area contributed by atoms with Gasteiger partial charge >= 0.3 is 0 Å². The van der Waals surface area contributed by atoms with E-state index >= 15 is 0 Å². The van der Waals surface area contributed by atoms with Gasteiger partial charge in [-0.1, -0.05) is 30.4 Å². The molecule has 7 heteroatoms. The lowest BCUT2D eigenvalue weighted by atomic mass is 10.1. The highest BCUT2D eigenvalue weighted by molar-refractivity contribution is 5.99. The van der Waals surface area contributed by atoms with Gasteiger partial charge in [0.15, 0.2) is 0 Å². The number of rotatable bonds is 5. The average Bonchev–Trinajstić information content (AvgIpc) is 3.46. The summed E-state index contributed by atoms with van der Waals surface area (Å²) < 4.78 is 0. The lowest BCUT2D eigenvalue weighted by Crippen LogP contribution is -2.44. The lowest BCUT2D eigenvalue weighted by Gasteiger charge is -2.33. The van der Waals surface area contributed by atoms with E-state index in [0.717, 1.165) is 82.0 Å². The second-order valence-corrected chi connectivity index (χ2v) is 8.59. The van der Waals surface area contributed by atoms with Crippen LogP contribution in [0.3, 0.4) is 0 Å². The van der Waals surface area contributed by atoms with E-state index in [4.69, 9.17) is 4.98 Å². The topological polar surface area (TPSA) is 76.7 Å². The third-order valence-electron chi connectivity index (χ3n) is 6.34. The van der Waals surface area contributed by atoms with Gasteiger partial charge in [-0.3, -0.25) is 10.1 Å². The number of fused-ring (bicyclic) bond motifs is 2. The maximum Gasteiger partial charge on any atom is 0.138 e. The van der Waals surface area contributed by atoms with Crippen molar-refractivity contribution in [2.45, 2.75) is 13.8 Å². The van der Waals surface area contributed by atoms with Gasteiger partial charge in [0.05, 0.1) is 28.6 Å². The maximum absolute atomic E-state index is 4.72. The zero-order valence-corrected chi connectivity index (χ0v) is 19.4. The number of nitrogens with one attached hydrogen (secondary N) is 2. The molecule has 1 saturated heterocycles. The first-order chi connectivity index (χ1) is 16.1. The van der Waals surface area contributed by atoms with E-state index in [9.17, 15) is 0 Å². The first kappa shape index (κ1) is 21.2. The molecule has 4 aromatic rings. The molecule has 5 rings (SSSR count). The van der Waals surface area contributed by atoms with Gasteiger partial charge < -0.3 is 14.8 Å². The number of hydrogen-bond acceptors (Lipinski definition) is 5. The Balaban J connectivity index is 1.57. The Morgan fingerprint density at radius 1 is 1.09 bits per heavy atom. The van der Waals surface area contributed by atoms with E-state index in [1.165, 1.54) is 0 Å². The molecule has 1 fully saturated rings. The number of nitrogens with zero attached hydrogens (tertiary/aromatic N) is 5. The molecular formula is C26H29N7. The summed E-state index contributed by atoms with van der Waals surface area (Å²) in [5, 5.41) is 9.92. The number of likely N-dealkylation sites (N-methyl/N-ethyl adjacent to an activating group) is 1. The minimum Gasteiger partial charge on any atom is -0.353 e. The largest absolute Gasteiger partial charge is 0.353 e. The van der Waals surface area contributed by atoms with Crippen molar-refractivity contribution in [3.05, 3.63) is 66.7 Å². The maximum atomic E-state index is 4.72. The predicted octanol–water partition coefficient (Wildman–Crippen LogP) is 4.79. The fraction of sp³-hybridized carbons (Fsp3) is 0.269. The molecule has 5 heterocycles. The number of anilines is 1. The number of H-pyrrole nitrogens is 2. The fourth-order valence-electron chi connectivity index (χ4n) is 4.33. The van der Waals surface area contributed by atoms with Crippen molar-refractivity contribution < 1.29 is 0 Å². The molecule has 0 unspecified atom stereocenters. The second kappa shape index (κ2) is 8.67. The van der Waals surface area contributed by atoms with Crippen molar-refractivity contribution in [1.82, 2.24) is 30.0 Å². The van der Waals surface area contributed by atoms with Crippen LogP contribution in [-0.4, -0.2) is 63.3 Å². The summed E-state index contributed by atoms with van der Waals surface area (Å²) in [7, 11) is 2.17. The second-order valence-electron chi connectivity index (χ2n) is 8.59. The highest BCUT2D eigenvalue weighted by Gasteiger charge is 2.20. The van der Waals surface area contributed by atoms with Crippen LogP contribution in [0.5, 0.6) is 0 Å². The van der Waals surface area contributed by atoms with Crippen LogP contribution in [-0.2, 0) is 0 Å². The van der Waals surface area contributed by atoms with E-state index in [1.807, 2.05) is 38.4 Å². The smallest absolute Gasteiger partial charge is 0.138 e. The van der Waals surface area contributed by atoms with Crippen molar-refractivity contribution in [3.8, 4) is 11.4 Å². The molecule has 1 aliphatic rings. The Labute approximate surface area is 193 Å². The van der Waals surface area contributed by atoms with Crippen LogP contribution < -0.4 is 4.90 Å². The zero-order valence-electron chi connectivity index (χ0n) is 19.4. The van der Waals surface area contributed by atoms with Crippen molar-refractivity contribution >= 4 is 33.2 Å². The first-order valence-electron chi connectivity index (χ1n) is 11.3. The molecule has 4 aromatic heterocycles. The molecule has 168 valence electrons. The highest BCUT2D eigenvalue weighted by Crippen LogP contribution is 2.33. The minimum atomic E-state index is 0.883. The number of hydrogen-bond donors (Lipinski definition) is 2. The standard InChI is InChI=1S/C26H29N7/c1-5-17(3)13-18(6-2)22-14-19-24(16-28-22)30-31-25(19)23-15-20-21(29-23)7-8-27-26(20)33-11-9-32(4)10-12-33/h5-8,13-16,29H,1,9-12H2,2-4H3,(H,30,31)/b17-13-,18-6+. The van der Waals surface area contributed by atoms with Crippen LogP contribution >= 0.6 is 0 Å². The van der Waals surface area contributed by atoms with E-state index < -0.39 is 0 Å². The summed E-state index contributed by atoms with van der Waals surface area (Å²) >= 11 is 0. The molecule has 0 aromatic carbocycles. The molecule has 0 atom stereocenters. The molecule has 0 aliphatic carbocycles. The number of piperazine rings is 1.